The molecule has 0 saturated heterocycles. The number of H-pyrrole nitrogens is 3. The first-order valence-electron chi connectivity index (χ1n) is 12.1. The second-order valence-corrected chi connectivity index (χ2v) is 9.05. The number of nitrogens with zero attached hydrogens (tertiary/aromatic N) is 4. The lowest BCUT2D eigenvalue weighted by atomic mass is 10.1. The van der Waals surface area contributed by atoms with Gasteiger partial charge in [-0.3, -0.25) is 0 Å². The zero-order valence-electron chi connectivity index (χ0n) is 19.5. The van der Waals surface area contributed by atoms with E-state index in [0.717, 1.165) is 55.7 Å². The molecule has 0 amide bonds. The number of hydrogen-bond acceptors (Lipinski definition) is 4. The van der Waals surface area contributed by atoms with E-state index < -0.39 is 0 Å². The lowest BCUT2D eigenvalue weighted by Gasteiger charge is -2.00. The van der Waals surface area contributed by atoms with Gasteiger partial charge in [-0.2, -0.15) is 0 Å². The minimum Gasteiger partial charge on any atom is -0.338 e. The zero-order valence-corrected chi connectivity index (χ0v) is 19.5. The quantitative estimate of drug-likeness (QED) is 0.223. The molecule has 0 radical (unpaired) electrons. The zero-order chi connectivity index (χ0) is 24.3. The van der Waals surface area contributed by atoms with Gasteiger partial charge in [-0.1, -0.05) is 84.9 Å². The van der Waals surface area contributed by atoms with Crippen LogP contribution >= 0.6 is 0 Å². The van der Waals surface area contributed by atoms with Crippen LogP contribution in [0.4, 0.5) is 0 Å². The van der Waals surface area contributed by atoms with Gasteiger partial charge in [0.05, 0.1) is 11.0 Å². The molecule has 2 aromatic heterocycles. The highest BCUT2D eigenvalue weighted by molar-refractivity contribution is 6.04. The van der Waals surface area contributed by atoms with Crippen LogP contribution in [0.15, 0.2) is 97.1 Å². The molecule has 7 heteroatoms. The summed E-state index contributed by atoms with van der Waals surface area (Å²) in [5, 5.41) is 1.96. The van der Waals surface area contributed by atoms with Crippen LogP contribution in [0.5, 0.6) is 0 Å². The van der Waals surface area contributed by atoms with E-state index in [2.05, 4.69) is 51.4 Å². The highest BCUT2D eigenvalue weighted by Gasteiger charge is 2.20. The van der Waals surface area contributed by atoms with Crippen molar-refractivity contribution in [2.45, 2.75) is 0 Å². The van der Waals surface area contributed by atoms with Gasteiger partial charge in [0, 0.05) is 33.0 Å². The maximum Gasteiger partial charge on any atom is 0.164 e. The summed E-state index contributed by atoms with van der Waals surface area (Å²) in [4.78, 5) is 30.4. The molecule has 0 aliphatic carbocycles. The highest BCUT2D eigenvalue weighted by Crippen LogP contribution is 2.35. The van der Waals surface area contributed by atoms with Crippen molar-refractivity contribution in [2.24, 2.45) is 0 Å². The predicted molar refractivity (Wildman–Crippen MR) is 146 cm³/mol. The smallest absolute Gasteiger partial charge is 0.164 e. The summed E-state index contributed by atoms with van der Waals surface area (Å²) < 4.78 is 0. The molecular weight excluding hydrogens is 458 g/mol. The number of aromatic amines is 3. The summed E-state index contributed by atoms with van der Waals surface area (Å²) in [6.07, 6.45) is 0. The Balaban J connectivity index is 1.60. The summed E-state index contributed by atoms with van der Waals surface area (Å²) >= 11 is 0. The van der Waals surface area contributed by atoms with Gasteiger partial charge < -0.3 is 15.0 Å². The van der Waals surface area contributed by atoms with Crippen LogP contribution in [0.1, 0.15) is 0 Å². The van der Waals surface area contributed by atoms with Gasteiger partial charge in [0.25, 0.3) is 0 Å². The maximum atomic E-state index is 5.00. The van der Waals surface area contributed by atoms with E-state index in [4.69, 9.17) is 19.9 Å². The fraction of sp³-hybridized carbons (Fsp3) is 0. The van der Waals surface area contributed by atoms with Crippen molar-refractivity contribution in [3.63, 3.8) is 0 Å². The van der Waals surface area contributed by atoms with Gasteiger partial charge in [0.2, 0.25) is 0 Å². The minimum absolute atomic E-state index is 0.649. The first-order chi connectivity index (χ1) is 18.3. The van der Waals surface area contributed by atoms with Gasteiger partial charge >= 0.3 is 0 Å². The second-order valence-electron chi connectivity index (χ2n) is 9.05. The van der Waals surface area contributed by atoms with E-state index >= 15 is 0 Å². The third-order valence-electron chi connectivity index (χ3n) is 6.82. The molecule has 7 nitrogen and oxygen atoms in total. The summed E-state index contributed by atoms with van der Waals surface area (Å²) in [6, 6.07) is 32.5. The molecule has 3 N–H and O–H groups in total. The average Bonchev–Trinajstić information content (AvgIpc) is 3.58. The van der Waals surface area contributed by atoms with E-state index in [1.165, 1.54) is 0 Å². The number of para-hydroxylation sites is 2. The van der Waals surface area contributed by atoms with Crippen molar-refractivity contribution in [3.8, 4) is 45.6 Å². The molecule has 0 unspecified atom stereocenters. The summed E-state index contributed by atoms with van der Waals surface area (Å²) in [5.41, 5.74) is 7.18. The normalized spacial score (nSPS) is 11.8. The van der Waals surface area contributed by atoms with E-state index in [1.54, 1.807) is 0 Å². The van der Waals surface area contributed by atoms with Gasteiger partial charge in [-0.05, 0) is 12.1 Å². The number of hydrogen-bond donors (Lipinski definition) is 3. The fourth-order valence-electron chi connectivity index (χ4n) is 5.07. The Kier molecular flexibility index (Phi) is 4.10. The molecule has 0 fully saturated rings. The average molecular weight is 478 g/mol. The van der Waals surface area contributed by atoms with Gasteiger partial charge in [0.15, 0.2) is 11.6 Å². The molecule has 6 bridgehead atoms. The van der Waals surface area contributed by atoms with Crippen molar-refractivity contribution < 1.29 is 0 Å². The Bertz CT molecular complexity index is 1910. The molecule has 4 heterocycles. The van der Waals surface area contributed by atoms with Crippen LogP contribution in [-0.2, 0) is 0 Å². The molecule has 174 valence electrons. The maximum absolute atomic E-state index is 5.00. The number of fused-ring (bicyclic) bond motifs is 16. The van der Waals surface area contributed by atoms with Crippen LogP contribution in [0.3, 0.4) is 0 Å². The van der Waals surface area contributed by atoms with Gasteiger partial charge in [-0.25, -0.2) is 19.9 Å². The van der Waals surface area contributed by atoms with Crippen molar-refractivity contribution in [2.75, 3.05) is 0 Å². The van der Waals surface area contributed by atoms with E-state index in [9.17, 15) is 0 Å². The summed E-state index contributed by atoms with van der Waals surface area (Å²) in [5.74, 6) is 2.80. The molecule has 2 aliphatic rings. The monoisotopic (exact) mass is 477 g/mol. The molecule has 37 heavy (non-hydrogen) atoms. The Hall–Kier alpha value is -5.30. The molecule has 6 aromatic rings. The second kappa shape index (κ2) is 7.60. The number of rotatable bonds is 0. The molecular formula is C30H19N7. The standard InChI is InChI=1S/C30H19N7/c1-3-11-19-17(9-1)25-31-23-15-7-8-16-24(23)32-26-18-10-2-4-12-20(18)28(34-26)36-30-22-14-6-5-13-21(22)29(37-30)35-27(19)33-25/h1-16H,(H3,31,32,33,34,35,36,37). The summed E-state index contributed by atoms with van der Waals surface area (Å²) in [6.45, 7) is 0. The molecule has 0 spiro atoms. The van der Waals surface area contributed by atoms with Crippen molar-refractivity contribution in [1.82, 2.24) is 34.9 Å². The number of nitrogens with one attached hydrogen (secondary N) is 3. The van der Waals surface area contributed by atoms with Crippen LogP contribution in [0.2, 0.25) is 0 Å². The van der Waals surface area contributed by atoms with E-state index in [1.807, 2.05) is 60.7 Å². The topological polar surface area (TPSA) is 98.9 Å². The molecule has 0 saturated carbocycles. The highest BCUT2D eigenvalue weighted by atomic mass is 15.0. The van der Waals surface area contributed by atoms with E-state index in [-0.39, 0.29) is 0 Å². The minimum atomic E-state index is 0.649. The lowest BCUT2D eigenvalue weighted by molar-refractivity contribution is 1.22. The SMILES string of the molecule is c1ccc2c(c1)-c1nc-2[nH]c2ccccc2[nH]c2nc(nc3[nH]c(n1)c1ccccc31)-c1ccccc1-2. The lowest BCUT2D eigenvalue weighted by Crippen LogP contribution is -1.85. The molecule has 2 aliphatic heterocycles. The van der Waals surface area contributed by atoms with Crippen LogP contribution in [0.25, 0.3) is 78.7 Å². The molecule has 4 aromatic carbocycles. The van der Waals surface area contributed by atoms with Crippen molar-refractivity contribution >= 4 is 33.1 Å². The van der Waals surface area contributed by atoms with Crippen LogP contribution in [-0.4, -0.2) is 34.9 Å². The number of aromatic nitrogens is 7. The van der Waals surface area contributed by atoms with Crippen LogP contribution < -0.4 is 0 Å². The Labute approximate surface area is 210 Å². The van der Waals surface area contributed by atoms with Crippen LogP contribution in [0, 0.1) is 0 Å². The fourth-order valence-corrected chi connectivity index (χ4v) is 5.07. The largest absolute Gasteiger partial charge is 0.338 e. The van der Waals surface area contributed by atoms with Gasteiger partial charge in [-0.15, -0.1) is 0 Å². The van der Waals surface area contributed by atoms with E-state index in [0.29, 0.717) is 22.9 Å². The van der Waals surface area contributed by atoms with Crippen molar-refractivity contribution in [3.05, 3.63) is 97.1 Å². The Morgan fingerprint density at radius 2 is 0.784 bits per heavy atom. The predicted octanol–water partition coefficient (Wildman–Crippen LogP) is 6.82. The third-order valence-corrected chi connectivity index (χ3v) is 6.82. The van der Waals surface area contributed by atoms with Crippen molar-refractivity contribution in [1.29, 1.82) is 0 Å². The number of benzene rings is 4. The third kappa shape index (κ3) is 3.07. The first kappa shape index (κ1) is 19.9. The molecule has 0 atom stereocenters. The Morgan fingerprint density at radius 1 is 0.378 bits per heavy atom. The Morgan fingerprint density at radius 3 is 1.27 bits per heavy atom. The first-order valence-corrected chi connectivity index (χ1v) is 12.1. The molecule has 8 rings (SSSR count). The van der Waals surface area contributed by atoms with Gasteiger partial charge in [0.1, 0.15) is 22.9 Å². The summed E-state index contributed by atoms with van der Waals surface area (Å²) in [7, 11) is 0.